The van der Waals surface area contributed by atoms with Crippen LogP contribution < -0.4 is 4.72 Å². The zero-order valence-corrected chi connectivity index (χ0v) is 13.8. The van der Waals surface area contributed by atoms with Gasteiger partial charge in [0, 0.05) is 0 Å². The van der Waals surface area contributed by atoms with Gasteiger partial charge in [0.15, 0.2) is 0 Å². The van der Waals surface area contributed by atoms with Gasteiger partial charge in [-0.05, 0) is 57.9 Å². The topological polar surface area (TPSA) is 59.3 Å². The standard InChI is InChI=1S/C16H21NO3S/c1-11-9-12(2)15(13(3)10-11)21(18,19)17-16(4,5)14-7-6-8-20-14/h6-10,17H,1-5H3. The summed E-state index contributed by atoms with van der Waals surface area (Å²) in [6, 6.07) is 7.26. The van der Waals surface area contributed by atoms with Gasteiger partial charge in [-0.15, -0.1) is 0 Å². The minimum Gasteiger partial charge on any atom is -0.467 e. The molecule has 1 N–H and O–H groups in total. The highest BCUT2D eigenvalue weighted by Gasteiger charge is 2.31. The summed E-state index contributed by atoms with van der Waals surface area (Å²) in [5.41, 5.74) is 1.73. The van der Waals surface area contributed by atoms with Crippen molar-refractivity contribution in [3.63, 3.8) is 0 Å². The minimum atomic E-state index is -3.63. The van der Waals surface area contributed by atoms with Gasteiger partial charge in [0.05, 0.1) is 16.7 Å². The maximum Gasteiger partial charge on any atom is 0.241 e. The molecule has 0 bridgehead atoms. The van der Waals surface area contributed by atoms with Gasteiger partial charge in [0.25, 0.3) is 0 Å². The third kappa shape index (κ3) is 3.19. The summed E-state index contributed by atoms with van der Waals surface area (Å²) in [7, 11) is -3.63. The van der Waals surface area contributed by atoms with E-state index in [2.05, 4.69) is 4.72 Å². The highest BCUT2D eigenvalue weighted by atomic mass is 32.2. The predicted octanol–water partition coefficient (Wildman–Crippen LogP) is 3.42. The zero-order valence-electron chi connectivity index (χ0n) is 13.0. The molecule has 1 aromatic carbocycles. The van der Waals surface area contributed by atoms with Crippen LogP contribution in [0.3, 0.4) is 0 Å². The summed E-state index contributed by atoms with van der Waals surface area (Å²) in [4.78, 5) is 0.340. The van der Waals surface area contributed by atoms with Crippen LogP contribution in [0.5, 0.6) is 0 Å². The number of furan rings is 1. The zero-order chi connectivity index (χ0) is 15.8. The number of hydrogen-bond donors (Lipinski definition) is 1. The average molecular weight is 307 g/mol. The molecule has 0 aliphatic rings. The van der Waals surface area contributed by atoms with Gasteiger partial charge in [0.2, 0.25) is 10.0 Å². The number of rotatable bonds is 4. The van der Waals surface area contributed by atoms with Gasteiger partial charge in [-0.2, -0.15) is 4.72 Å². The lowest BCUT2D eigenvalue weighted by Gasteiger charge is -2.25. The molecule has 4 nitrogen and oxygen atoms in total. The molecule has 1 heterocycles. The molecule has 0 atom stereocenters. The quantitative estimate of drug-likeness (QED) is 0.941. The molecule has 0 unspecified atom stereocenters. The van der Waals surface area contributed by atoms with E-state index in [0.29, 0.717) is 10.7 Å². The second-order valence-corrected chi connectivity index (χ2v) is 7.55. The second kappa shape index (κ2) is 5.31. The van der Waals surface area contributed by atoms with Crippen molar-refractivity contribution in [1.29, 1.82) is 0 Å². The van der Waals surface area contributed by atoms with Crippen LogP contribution in [0, 0.1) is 20.8 Å². The normalized spacial score (nSPS) is 12.6. The second-order valence-electron chi connectivity index (χ2n) is 5.94. The molecule has 2 aromatic rings. The Kier molecular flexibility index (Phi) is 4.00. The van der Waals surface area contributed by atoms with Crippen LogP contribution in [-0.4, -0.2) is 8.42 Å². The van der Waals surface area contributed by atoms with Crippen molar-refractivity contribution < 1.29 is 12.8 Å². The minimum absolute atomic E-state index is 0.340. The van der Waals surface area contributed by atoms with E-state index >= 15 is 0 Å². The first-order valence-corrected chi connectivity index (χ1v) is 8.27. The molecule has 0 fully saturated rings. The van der Waals surface area contributed by atoms with E-state index in [9.17, 15) is 8.42 Å². The molecule has 0 radical (unpaired) electrons. The van der Waals surface area contributed by atoms with Crippen LogP contribution in [0.1, 0.15) is 36.3 Å². The number of hydrogen-bond acceptors (Lipinski definition) is 3. The van der Waals surface area contributed by atoms with Crippen molar-refractivity contribution in [3.05, 3.63) is 53.0 Å². The number of aryl methyl sites for hydroxylation is 3. The molecular formula is C16H21NO3S. The Morgan fingerprint density at radius 3 is 2.14 bits per heavy atom. The van der Waals surface area contributed by atoms with Gasteiger partial charge in [-0.3, -0.25) is 0 Å². The highest BCUT2D eigenvalue weighted by molar-refractivity contribution is 7.89. The molecular weight excluding hydrogens is 286 g/mol. The van der Waals surface area contributed by atoms with Crippen LogP contribution >= 0.6 is 0 Å². The maximum absolute atomic E-state index is 12.7. The van der Waals surface area contributed by atoms with Crippen molar-refractivity contribution in [3.8, 4) is 0 Å². The Morgan fingerprint density at radius 1 is 1.10 bits per heavy atom. The summed E-state index contributed by atoms with van der Waals surface area (Å²) in [6.45, 7) is 9.14. The Labute approximate surface area is 126 Å². The summed E-state index contributed by atoms with van der Waals surface area (Å²) >= 11 is 0. The van der Waals surface area contributed by atoms with Gasteiger partial charge in [-0.25, -0.2) is 8.42 Å². The Bertz CT molecular complexity index is 721. The van der Waals surface area contributed by atoms with Crippen molar-refractivity contribution in [2.45, 2.75) is 45.1 Å². The van der Waals surface area contributed by atoms with E-state index < -0.39 is 15.6 Å². The summed E-state index contributed by atoms with van der Waals surface area (Å²) in [5.74, 6) is 0.577. The molecule has 2 rings (SSSR count). The molecule has 0 amide bonds. The van der Waals surface area contributed by atoms with Crippen LogP contribution in [0.25, 0.3) is 0 Å². The lowest BCUT2D eigenvalue weighted by molar-refractivity contribution is 0.364. The summed E-state index contributed by atoms with van der Waals surface area (Å²) < 4.78 is 33.5. The first-order valence-electron chi connectivity index (χ1n) is 6.79. The van der Waals surface area contributed by atoms with Gasteiger partial charge < -0.3 is 4.42 Å². The Hall–Kier alpha value is -1.59. The number of nitrogens with one attached hydrogen (secondary N) is 1. The fraction of sp³-hybridized carbons (Fsp3) is 0.375. The lowest BCUT2D eigenvalue weighted by Crippen LogP contribution is -2.41. The molecule has 1 aromatic heterocycles. The monoisotopic (exact) mass is 307 g/mol. The van der Waals surface area contributed by atoms with Crippen molar-refractivity contribution >= 4 is 10.0 Å². The molecule has 0 aliphatic heterocycles. The first kappa shape index (κ1) is 15.8. The fourth-order valence-electron chi connectivity index (χ4n) is 2.66. The lowest BCUT2D eigenvalue weighted by atomic mass is 10.0. The molecule has 5 heteroatoms. The third-order valence-corrected chi connectivity index (χ3v) is 5.36. The van der Waals surface area contributed by atoms with Crippen molar-refractivity contribution in [2.24, 2.45) is 0 Å². The maximum atomic E-state index is 12.7. The van der Waals surface area contributed by atoms with Crippen LogP contribution in [0.4, 0.5) is 0 Å². The van der Waals surface area contributed by atoms with E-state index in [1.807, 2.05) is 32.9 Å². The highest BCUT2D eigenvalue weighted by Crippen LogP contribution is 2.27. The Morgan fingerprint density at radius 2 is 1.67 bits per heavy atom. The summed E-state index contributed by atoms with van der Waals surface area (Å²) in [6.07, 6.45) is 1.54. The van der Waals surface area contributed by atoms with E-state index in [0.717, 1.165) is 16.7 Å². The molecule has 114 valence electrons. The molecule has 21 heavy (non-hydrogen) atoms. The van der Waals surface area contributed by atoms with E-state index in [1.54, 1.807) is 26.0 Å². The van der Waals surface area contributed by atoms with E-state index in [-0.39, 0.29) is 0 Å². The predicted molar refractivity (Wildman–Crippen MR) is 82.7 cm³/mol. The van der Waals surface area contributed by atoms with Crippen LogP contribution in [-0.2, 0) is 15.6 Å². The fourth-order valence-corrected chi connectivity index (χ4v) is 4.50. The smallest absolute Gasteiger partial charge is 0.241 e. The molecule has 0 spiro atoms. The Balaban J connectivity index is 2.45. The number of sulfonamides is 1. The van der Waals surface area contributed by atoms with Gasteiger partial charge in [0.1, 0.15) is 5.76 Å². The van der Waals surface area contributed by atoms with Crippen LogP contribution in [0.15, 0.2) is 39.8 Å². The number of benzene rings is 1. The van der Waals surface area contributed by atoms with E-state index in [1.165, 1.54) is 6.26 Å². The van der Waals surface area contributed by atoms with E-state index in [4.69, 9.17) is 4.42 Å². The largest absolute Gasteiger partial charge is 0.467 e. The average Bonchev–Trinajstić information content (AvgIpc) is 2.78. The third-order valence-electron chi connectivity index (χ3n) is 3.40. The van der Waals surface area contributed by atoms with Gasteiger partial charge >= 0.3 is 0 Å². The molecule has 0 saturated heterocycles. The first-order chi connectivity index (χ1) is 9.63. The van der Waals surface area contributed by atoms with Crippen molar-refractivity contribution in [1.82, 2.24) is 4.72 Å². The SMILES string of the molecule is Cc1cc(C)c(S(=O)(=O)NC(C)(C)c2ccco2)c(C)c1. The molecule has 0 saturated carbocycles. The van der Waals surface area contributed by atoms with Crippen molar-refractivity contribution in [2.75, 3.05) is 0 Å². The van der Waals surface area contributed by atoms with Crippen LogP contribution in [0.2, 0.25) is 0 Å². The summed E-state index contributed by atoms with van der Waals surface area (Å²) in [5, 5.41) is 0. The molecule has 0 aliphatic carbocycles. The van der Waals surface area contributed by atoms with Gasteiger partial charge in [-0.1, -0.05) is 17.7 Å².